The van der Waals surface area contributed by atoms with Gasteiger partial charge in [-0.3, -0.25) is 0 Å². The van der Waals surface area contributed by atoms with Gasteiger partial charge in [0, 0.05) is 0 Å². The molecule has 0 aliphatic rings. The Labute approximate surface area is 264 Å². The van der Waals surface area contributed by atoms with E-state index in [1.54, 1.807) is 0 Å². The molecule has 0 heterocycles. The first-order chi connectivity index (χ1) is 19.8. The molecule has 0 aliphatic heterocycles. The molecule has 248 valence electrons. The van der Waals surface area contributed by atoms with Gasteiger partial charge < -0.3 is 4.12 Å². The Bertz CT molecular complexity index is 461. The maximum absolute atomic E-state index is 6.94. The summed E-state index contributed by atoms with van der Waals surface area (Å²) in [5.74, 6) is 0. The number of hydrogen-bond acceptors (Lipinski definition) is 1. The topological polar surface area (TPSA) is 9.23 Å². The van der Waals surface area contributed by atoms with Crippen molar-refractivity contribution in [3.8, 4) is 0 Å². The summed E-state index contributed by atoms with van der Waals surface area (Å²) in [6.45, 7) is 14.6. The van der Waals surface area contributed by atoms with Crippen LogP contribution in [0.4, 0.5) is 0 Å². The van der Waals surface area contributed by atoms with Crippen molar-refractivity contribution in [2.75, 3.05) is 0 Å². The molecule has 3 heteroatoms. The highest BCUT2D eigenvalue weighted by Gasteiger charge is 2.32. The fourth-order valence-electron chi connectivity index (χ4n) is 6.69. The lowest BCUT2D eigenvalue weighted by molar-refractivity contribution is 0.512. The molecule has 0 rings (SSSR count). The third kappa shape index (κ3) is 33.1. The third-order valence-electron chi connectivity index (χ3n) is 9.32. The van der Waals surface area contributed by atoms with Gasteiger partial charge in [0.1, 0.15) is 0 Å². The zero-order valence-electron chi connectivity index (χ0n) is 30.0. The zero-order valence-corrected chi connectivity index (χ0v) is 32.0. The van der Waals surface area contributed by atoms with Crippen LogP contribution in [0, 0.1) is 0 Å². The van der Waals surface area contributed by atoms with E-state index in [1.807, 2.05) is 0 Å². The highest BCUT2D eigenvalue weighted by atomic mass is 28.4. The molecule has 0 aromatic heterocycles. The smallest absolute Gasteiger partial charge is 0.173 e. The maximum atomic E-state index is 6.94. The Morgan fingerprint density at radius 3 is 0.634 bits per heavy atom. The lowest BCUT2D eigenvalue weighted by Crippen LogP contribution is -2.44. The highest BCUT2D eigenvalue weighted by Crippen LogP contribution is 2.26. The van der Waals surface area contributed by atoms with Crippen molar-refractivity contribution in [3.63, 3.8) is 0 Å². The van der Waals surface area contributed by atoms with E-state index in [0.717, 1.165) is 0 Å². The summed E-state index contributed by atoms with van der Waals surface area (Å²) in [6.07, 6.45) is 43.6. The van der Waals surface area contributed by atoms with Gasteiger partial charge in [0.05, 0.1) is 0 Å². The summed E-state index contributed by atoms with van der Waals surface area (Å²) < 4.78 is 6.94. The normalized spacial score (nSPS) is 12.4. The molecule has 0 saturated carbocycles. The van der Waals surface area contributed by atoms with Crippen molar-refractivity contribution in [2.24, 2.45) is 0 Å². The molecular formula is C38H82OSi2. The Hall–Kier alpha value is 0.394. The predicted molar refractivity (Wildman–Crippen MR) is 196 cm³/mol. The largest absolute Gasteiger partial charge is 0.455 e. The average molecular weight is 611 g/mol. The Morgan fingerprint density at radius 1 is 0.268 bits per heavy atom. The molecule has 0 spiro atoms. The maximum Gasteiger partial charge on any atom is 0.173 e. The van der Waals surface area contributed by atoms with Crippen molar-refractivity contribution < 1.29 is 4.12 Å². The first-order valence-electron chi connectivity index (χ1n) is 19.5. The molecule has 1 nitrogen and oxygen atoms in total. The molecule has 0 aromatic carbocycles. The van der Waals surface area contributed by atoms with Gasteiger partial charge in [-0.25, -0.2) is 0 Å². The van der Waals surface area contributed by atoms with E-state index >= 15 is 0 Å². The molecular weight excluding hydrogens is 529 g/mol. The van der Waals surface area contributed by atoms with Crippen molar-refractivity contribution >= 4 is 16.6 Å². The van der Waals surface area contributed by atoms with Crippen LogP contribution in [-0.4, -0.2) is 16.6 Å². The molecule has 0 saturated heterocycles. The SMILES string of the molecule is CCCCCCCCCCCCCCCCC[Si](C)(C)O[Si](C)(C)CCCCCCCCCCCCCCCCC. The monoisotopic (exact) mass is 611 g/mol. The number of unbranched alkanes of at least 4 members (excludes halogenated alkanes) is 28. The van der Waals surface area contributed by atoms with Crippen LogP contribution in [0.3, 0.4) is 0 Å². The van der Waals surface area contributed by atoms with Crippen LogP contribution in [0.25, 0.3) is 0 Å². The molecule has 0 fully saturated rings. The van der Waals surface area contributed by atoms with Crippen molar-refractivity contribution in [2.45, 2.75) is 245 Å². The first-order valence-corrected chi connectivity index (χ1v) is 25.8. The van der Waals surface area contributed by atoms with Gasteiger partial charge in [0.15, 0.2) is 16.6 Å². The van der Waals surface area contributed by atoms with E-state index in [9.17, 15) is 0 Å². The van der Waals surface area contributed by atoms with Crippen LogP contribution in [0.15, 0.2) is 0 Å². The number of rotatable bonds is 34. The summed E-state index contributed by atoms with van der Waals surface area (Å²) in [5.41, 5.74) is 0. The minimum Gasteiger partial charge on any atom is -0.455 e. The summed E-state index contributed by atoms with van der Waals surface area (Å²) in [7, 11) is -2.98. The average Bonchev–Trinajstić information content (AvgIpc) is 2.92. The second-order valence-electron chi connectivity index (χ2n) is 15.0. The third-order valence-corrected chi connectivity index (χ3v) is 16.9. The second-order valence-corrected chi connectivity index (χ2v) is 23.9. The van der Waals surface area contributed by atoms with Gasteiger partial charge in [-0.05, 0) is 38.3 Å². The summed E-state index contributed by atoms with van der Waals surface area (Å²) in [5, 5.41) is 0. The minimum absolute atomic E-state index is 1.37. The molecule has 0 unspecified atom stereocenters. The number of hydrogen-bond donors (Lipinski definition) is 0. The molecule has 0 amide bonds. The summed E-state index contributed by atoms with van der Waals surface area (Å²) >= 11 is 0. The van der Waals surface area contributed by atoms with Crippen molar-refractivity contribution in [1.29, 1.82) is 0 Å². The molecule has 0 atom stereocenters. The second kappa shape index (κ2) is 30.4. The minimum atomic E-state index is -1.49. The van der Waals surface area contributed by atoms with Gasteiger partial charge in [-0.2, -0.15) is 0 Å². The van der Waals surface area contributed by atoms with E-state index in [-0.39, 0.29) is 0 Å². The van der Waals surface area contributed by atoms with E-state index in [4.69, 9.17) is 4.12 Å². The van der Waals surface area contributed by atoms with Crippen LogP contribution in [-0.2, 0) is 4.12 Å². The molecule has 0 aromatic rings. The summed E-state index contributed by atoms with van der Waals surface area (Å²) in [4.78, 5) is 0. The van der Waals surface area contributed by atoms with E-state index < -0.39 is 16.6 Å². The van der Waals surface area contributed by atoms with E-state index in [2.05, 4.69) is 40.0 Å². The van der Waals surface area contributed by atoms with Crippen LogP contribution in [0.5, 0.6) is 0 Å². The fourth-order valence-corrected chi connectivity index (χ4v) is 15.7. The van der Waals surface area contributed by atoms with E-state index in [0.29, 0.717) is 0 Å². The molecule has 0 radical (unpaired) electrons. The van der Waals surface area contributed by atoms with Gasteiger partial charge >= 0.3 is 0 Å². The van der Waals surface area contributed by atoms with E-state index in [1.165, 1.54) is 205 Å². The predicted octanol–water partition coefficient (Wildman–Crippen LogP) is 15.2. The quantitative estimate of drug-likeness (QED) is 0.0520. The van der Waals surface area contributed by atoms with Crippen molar-refractivity contribution in [3.05, 3.63) is 0 Å². The molecule has 0 bridgehead atoms. The highest BCUT2D eigenvalue weighted by molar-refractivity contribution is 6.84. The van der Waals surface area contributed by atoms with Gasteiger partial charge in [-0.1, -0.05) is 206 Å². The Balaban J connectivity index is 3.53. The zero-order chi connectivity index (χ0) is 30.3. The summed E-state index contributed by atoms with van der Waals surface area (Å²) in [6, 6.07) is 2.75. The lowest BCUT2D eigenvalue weighted by Gasteiger charge is -2.34. The van der Waals surface area contributed by atoms with Crippen molar-refractivity contribution in [1.82, 2.24) is 0 Å². The Morgan fingerprint density at radius 2 is 0.439 bits per heavy atom. The van der Waals surface area contributed by atoms with Crippen LogP contribution in [0.2, 0.25) is 38.3 Å². The van der Waals surface area contributed by atoms with Crippen LogP contribution in [0.1, 0.15) is 206 Å². The molecule has 41 heavy (non-hydrogen) atoms. The lowest BCUT2D eigenvalue weighted by atomic mass is 10.0. The van der Waals surface area contributed by atoms with Gasteiger partial charge in [-0.15, -0.1) is 0 Å². The molecule has 0 N–H and O–H groups in total. The van der Waals surface area contributed by atoms with Gasteiger partial charge in [0.25, 0.3) is 0 Å². The Kier molecular flexibility index (Phi) is 30.7. The fraction of sp³-hybridized carbons (Fsp3) is 1.00. The van der Waals surface area contributed by atoms with Gasteiger partial charge in [0.2, 0.25) is 0 Å². The standard InChI is InChI=1S/C38H82OSi2/c1-7-9-11-13-15-17-19-21-23-25-27-29-31-33-35-37-40(3,4)39-41(5,6)38-36-34-32-30-28-26-24-22-20-18-16-14-12-10-8-2/h7-38H2,1-6H3. The van der Waals surface area contributed by atoms with Crippen LogP contribution >= 0.6 is 0 Å². The molecule has 0 aliphatic carbocycles. The first kappa shape index (κ1) is 41.4. The van der Waals surface area contributed by atoms with Crippen LogP contribution < -0.4 is 0 Å².